The minimum Gasteiger partial charge on any atom is -0.489 e. The second kappa shape index (κ2) is 10.9. The number of fused-ring (bicyclic) bond motifs is 2. The van der Waals surface area contributed by atoms with Gasteiger partial charge in [0.1, 0.15) is 23.7 Å². The maximum Gasteiger partial charge on any atom is 0.306 e. The normalized spacial score (nSPS) is 21.3. The molecule has 206 valence electrons. The first kappa shape index (κ1) is 27.1. The fourth-order valence-electron chi connectivity index (χ4n) is 6.03. The van der Waals surface area contributed by atoms with E-state index in [-0.39, 0.29) is 29.4 Å². The average Bonchev–Trinajstić information content (AvgIpc) is 3.40. The Labute approximate surface area is 229 Å². The smallest absolute Gasteiger partial charge is 0.306 e. The van der Waals surface area contributed by atoms with Gasteiger partial charge in [-0.25, -0.2) is 0 Å². The number of hydrogen-bond acceptors (Lipinski definition) is 6. The van der Waals surface area contributed by atoms with Gasteiger partial charge in [-0.1, -0.05) is 24.3 Å². The summed E-state index contributed by atoms with van der Waals surface area (Å²) in [4.78, 5) is 52.0. The molecule has 7 nitrogen and oxygen atoms in total. The number of benzene rings is 2. The van der Waals surface area contributed by atoms with E-state index in [1.807, 2.05) is 32.9 Å². The molecule has 1 fully saturated rings. The second-order valence-corrected chi connectivity index (χ2v) is 12.1. The Bertz CT molecular complexity index is 1310. The third-order valence-corrected chi connectivity index (χ3v) is 7.83. The zero-order chi connectivity index (χ0) is 27.7. The van der Waals surface area contributed by atoms with Crippen molar-refractivity contribution in [2.45, 2.75) is 96.9 Å². The van der Waals surface area contributed by atoms with Gasteiger partial charge in [0, 0.05) is 36.8 Å². The van der Waals surface area contributed by atoms with Gasteiger partial charge in [0.2, 0.25) is 0 Å². The first-order valence-electron chi connectivity index (χ1n) is 14.0. The second-order valence-electron chi connectivity index (χ2n) is 12.1. The van der Waals surface area contributed by atoms with Crippen molar-refractivity contribution in [3.05, 3.63) is 64.2 Å². The number of esters is 1. The molecule has 2 aromatic carbocycles. The molecule has 2 atom stereocenters. The maximum absolute atomic E-state index is 13.3. The zero-order valence-electron chi connectivity index (χ0n) is 23.1. The van der Waals surface area contributed by atoms with E-state index in [9.17, 15) is 19.2 Å². The Morgan fingerprint density at radius 2 is 1.79 bits per heavy atom. The lowest BCUT2D eigenvalue weighted by Crippen LogP contribution is -2.42. The highest BCUT2D eigenvalue weighted by molar-refractivity contribution is 6.02. The molecule has 5 rings (SSSR count). The highest BCUT2D eigenvalue weighted by atomic mass is 16.6. The molecule has 0 aromatic heterocycles. The summed E-state index contributed by atoms with van der Waals surface area (Å²) in [5.74, 6) is 0.751. The number of Topliss-reactive ketones (excluding diaryl/α,β-unsaturated/α-hetero) is 2. The number of hydrogen-bond donors (Lipinski definition) is 0. The van der Waals surface area contributed by atoms with Gasteiger partial charge < -0.3 is 14.4 Å². The SMILES string of the molecule is CC(C)(C)OC(=O)CC1Cc2ccc(COc3cccc4c3CN(C3CCC(=O)CCCC3=O)C4=O)cc2C1. The van der Waals surface area contributed by atoms with Gasteiger partial charge in [0.15, 0.2) is 5.78 Å². The summed E-state index contributed by atoms with van der Waals surface area (Å²) in [6.45, 7) is 6.32. The summed E-state index contributed by atoms with van der Waals surface area (Å²) in [6, 6.07) is 11.2. The predicted molar refractivity (Wildman–Crippen MR) is 145 cm³/mol. The summed E-state index contributed by atoms with van der Waals surface area (Å²) >= 11 is 0. The fourth-order valence-corrected chi connectivity index (χ4v) is 6.03. The molecule has 1 saturated carbocycles. The first-order chi connectivity index (χ1) is 18.6. The number of carbonyl (C=O) groups excluding carboxylic acids is 4. The number of ketones is 2. The molecule has 0 bridgehead atoms. The molecule has 0 saturated heterocycles. The van der Waals surface area contributed by atoms with E-state index in [0.717, 1.165) is 24.0 Å². The Morgan fingerprint density at radius 1 is 1.00 bits per heavy atom. The van der Waals surface area contributed by atoms with Crippen LogP contribution in [0.1, 0.15) is 91.9 Å². The largest absolute Gasteiger partial charge is 0.489 e. The predicted octanol–water partition coefficient (Wildman–Crippen LogP) is 5.14. The van der Waals surface area contributed by atoms with Crippen LogP contribution in [-0.4, -0.2) is 40.0 Å². The molecule has 7 heteroatoms. The van der Waals surface area contributed by atoms with Crippen LogP contribution in [0.4, 0.5) is 0 Å². The maximum atomic E-state index is 13.3. The number of nitrogens with zero attached hydrogens (tertiary/aromatic N) is 1. The minimum atomic E-state index is -0.563. The Kier molecular flexibility index (Phi) is 7.61. The molecule has 1 heterocycles. The van der Waals surface area contributed by atoms with Gasteiger partial charge in [-0.15, -0.1) is 0 Å². The van der Waals surface area contributed by atoms with Gasteiger partial charge in [0.25, 0.3) is 5.91 Å². The highest BCUT2D eigenvalue weighted by Crippen LogP contribution is 2.35. The third kappa shape index (κ3) is 6.23. The van der Waals surface area contributed by atoms with Crippen LogP contribution < -0.4 is 4.74 Å². The van der Waals surface area contributed by atoms with E-state index in [0.29, 0.717) is 63.0 Å². The van der Waals surface area contributed by atoms with E-state index in [4.69, 9.17) is 9.47 Å². The third-order valence-electron chi connectivity index (χ3n) is 7.83. The number of rotatable bonds is 6. The van der Waals surface area contributed by atoms with E-state index in [1.54, 1.807) is 11.0 Å². The summed E-state index contributed by atoms with van der Waals surface area (Å²) in [6.07, 6.45) is 4.16. The molecule has 0 N–H and O–H groups in total. The van der Waals surface area contributed by atoms with Crippen LogP contribution in [0.5, 0.6) is 5.75 Å². The first-order valence-corrected chi connectivity index (χ1v) is 14.0. The topological polar surface area (TPSA) is 90.0 Å². The summed E-state index contributed by atoms with van der Waals surface area (Å²) in [5.41, 5.74) is 4.41. The van der Waals surface area contributed by atoms with Gasteiger partial charge in [0.05, 0.1) is 12.6 Å². The molecule has 39 heavy (non-hydrogen) atoms. The van der Waals surface area contributed by atoms with Crippen molar-refractivity contribution in [2.75, 3.05) is 0 Å². The van der Waals surface area contributed by atoms with Crippen molar-refractivity contribution in [2.24, 2.45) is 5.92 Å². The van der Waals surface area contributed by atoms with Crippen LogP contribution in [0.15, 0.2) is 36.4 Å². The van der Waals surface area contributed by atoms with Crippen LogP contribution in [0.25, 0.3) is 0 Å². The van der Waals surface area contributed by atoms with Crippen molar-refractivity contribution >= 4 is 23.4 Å². The van der Waals surface area contributed by atoms with Gasteiger partial charge >= 0.3 is 5.97 Å². The van der Waals surface area contributed by atoms with Gasteiger partial charge in [-0.05, 0) is 81.2 Å². The molecular formula is C32H37NO6. The fraction of sp³-hybridized carbons (Fsp3) is 0.500. The molecule has 2 aromatic rings. The number of carbonyl (C=O) groups is 4. The highest BCUT2D eigenvalue weighted by Gasteiger charge is 2.38. The van der Waals surface area contributed by atoms with Crippen molar-refractivity contribution in [3.63, 3.8) is 0 Å². The molecule has 3 aliphatic rings. The van der Waals surface area contributed by atoms with Crippen molar-refractivity contribution in [1.29, 1.82) is 0 Å². The molecule has 1 aliphatic heterocycles. The van der Waals surface area contributed by atoms with Crippen LogP contribution in [0.2, 0.25) is 0 Å². The van der Waals surface area contributed by atoms with Crippen LogP contribution in [-0.2, 0) is 45.1 Å². The Hall–Kier alpha value is -3.48. The van der Waals surface area contributed by atoms with Crippen molar-refractivity contribution in [3.8, 4) is 5.75 Å². The zero-order valence-corrected chi connectivity index (χ0v) is 23.1. The molecule has 0 spiro atoms. The lowest BCUT2D eigenvalue weighted by Gasteiger charge is -2.28. The number of amides is 1. The monoisotopic (exact) mass is 531 g/mol. The van der Waals surface area contributed by atoms with Crippen molar-refractivity contribution < 1.29 is 28.7 Å². The van der Waals surface area contributed by atoms with Crippen molar-refractivity contribution in [1.82, 2.24) is 4.90 Å². The van der Waals surface area contributed by atoms with Gasteiger partial charge in [-0.2, -0.15) is 0 Å². The van der Waals surface area contributed by atoms with Gasteiger partial charge in [-0.3, -0.25) is 19.2 Å². The molecule has 0 radical (unpaired) electrons. The lowest BCUT2D eigenvalue weighted by atomic mass is 9.94. The van der Waals surface area contributed by atoms with E-state index in [2.05, 4.69) is 18.2 Å². The summed E-state index contributed by atoms with van der Waals surface area (Å²) in [5, 5.41) is 0. The van der Waals surface area contributed by atoms with Crippen LogP contribution in [0.3, 0.4) is 0 Å². The van der Waals surface area contributed by atoms with Crippen LogP contribution in [0, 0.1) is 5.92 Å². The molecule has 1 amide bonds. The van der Waals surface area contributed by atoms with E-state index >= 15 is 0 Å². The Balaban J connectivity index is 1.23. The quantitative estimate of drug-likeness (QED) is 0.480. The van der Waals surface area contributed by atoms with E-state index < -0.39 is 11.6 Å². The molecule has 2 aliphatic carbocycles. The summed E-state index contributed by atoms with van der Waals surface area (Å²) < 4.78 is 11.7. The lowest BCUT2D eigenvalue weighted by molar-refractivity contribution is -0.155. The standard InChI is InChI=1S/C32H37NO6/c1-32(2,3)39-30(36)17-21-15-22-11-10-20(14-23(22)16-21)19-38-29-9-5-7-25-26(29)18-33(31(25)37)27-13-12-24(34)6-4-8-28(27)35/h5,7,9-11,14,21,27H,4,6,8,12-13,15-19H2,1-3H3. The van der Waals surface area contributed by atoms with E-state index in [1.165, 1.54) is 11.1 Å². The Morgan fingerprint density at radius 3 is 2.59 bits per heavy atom. The minimum absolute atomic E-state index is 0.0363. The molecule has 2 unspecified atom stereocenters. The summed E-state index contributed by atoms with van der Waals surface area (Å²) in [7, 11) is 0. The van der Waals surface area contributed by atoms with Crippen LogP contribution >= 0.6 is 0 Å². The number of ether oxygens (including phenoxy) is 2. The average molecular weight is 532 g/mol. The molecular weight excluding hydrogens is 494 g/mol.